The summed E-state index contributed by atoms with van der Waals surface area (Å²) in [6, 6.07) is 15.1. The molecule has 0 amide bonds. The molecule has 0 spiro atoms. The highest BCUT2D eigenvalue weighted by atomic mass is 35.5. The highest BCUT2D eigenvalue weighted by molar-refractivity contribution is 6.30. The molecule has 3 heterocycles. The zero-order valence-electron chi connectivity index (χ0n) is 23.9. The highest BCUT2D eigenvalue weighted by Crippen LogP contribution is 2.37. The third-order valence-corrected chi connectivity index (χ3v) is 8.68. The molecule has 1 aromatic heterocycles. The summed E-state index contributed by atoms with van der Waals surface area (Å²) in [5.41, 5.74) is 13.0. The predicted octanol–water partition coefficient (Wildman–Crippen LogP) is 5.99. The van der Waals surface area contributed by atoms with Gasteiger partial charge in [-0.3, -0.25) is 9.80 Å². The highest BCUT2D eigenvalue weighted by Gasteiger charge is 2.25. The number of benzene rings is 2. The summed E-state index contributed by atoms with van der Waals surface area (Å²) in [6.45, 7) is 7.93. The van der Waals surface area contributed by atoms with Gasteiger partial charge in [0.1, 0.15) is 23.3 Å². The molecule has 0 saturated carbocycles. The molecule has 2 N–H and O–H groups in total. The first-order valence-corrected chi connectivity index (χ1v) is 14.6. The van der Waals surface area contributed by atoms with Crippen molar-refractivity contribution in [3.63, 3.8) is 0 Å². The van der Waals surface area contributed by atoms with E-state index in [1.54, 1.807) is 13.3 Å². The first-order valence-electron chi connectivity index (χ1n) is 14.2. The molecule has 0 bridgehead atoms. The van der Waals surface area contributed by atoms with Crippen molar-refractivity contribution in [2.45, 2.75) is 51.3 Å². The lowest BCUT2D eigenvalue weighted by Gasteiger charge is -2.27. The molecular weight excluding hydrogens is 524 g/mol. The van der Waals surface area contributed by atoms with Gasteiger partial charge < -0.3 is 19.9 Å². The second kappa shape index (κ2) is 13.2. The first-order chi connectivity index (χ1) is 19.4. The molecule has 2 fully saturated rings. The van der Waals surface area contributed by atoms with E-state index in [2.05, 4.69) is 59.1 Å². The molecule has 7 nitrogen and oxygen atoms in total. The van der Waals surface area contributed by atoms with E-state index in [4.69, 9.17) is 31.5 Å². The fraction of sp³-hybridized carbons (Fsp3) is 0.469. The fourth-order valence-electron chi connectivity index (χ4n) is 6.04. The number of hydrogen-bond donors (Lipinski definition) is 1. The number of nitrogens with zero attached hydrogens (tertiary/aromatic N) is 3. The quantitative estimate of drug-likeness (QED) is 0.266. The van der Waals surface area contributed by atoms with Crippen LogP contribution in [0.3, 0.4) is 0 Å². The number of nitrogen functional groups attached to an aromatic ring is 1. The lowest BCUT2D eigenvalue weighted by atomic mass is 9.89. The maximum absolute atomic E-state index is 6.62. The number of halogens is 1. The average Bonchev–Trinajstić information content (AvgIpc) is 3.15. The molecule has 214 valence electrons. The number of methoxy groups -OCH3 is 1. The van der Waals surface area contributed by atoms with Gasteiger partial charge in [0, 0.05) is 57.2 Å². The Kier molecular flexibility index (Phi) is 9.48. The van der Waals surface area contributed by atoms with Crippen LogP contribution < -0.4 is 15.2 Å². The zero-order chi connectivity index (χ0) is 28.1. The van der Waals surface area contributed by atoms with Crippen LogP contribution in [0.15, 0.2) is 48.7 Å². The van der Waals surface area contributed by atoms with Crippen LogP contribution in [0.5, 0.6) is 11.5 Å². The van der Waals surface area contributed by atoms with Crippen molar-refractivity contribution in [3.05, 3.63) is 81.6 Å². The number of aromatic nitrogens is 1. The van der Waals surface area contributed by atoms with Gasteiger partial charge >= 0.3 is 0 Å². The third-order valence-electron chi connectivity index (χ3n) is 8.36. The third kappa shape index (κ3) is 6.72. The first kappa shape index (κ1) is 28.7. The molecule has 8 heteroatoms. The van der Waals surface area contributed by atoms with Crippen LogP contribution in [0, 0.1) is 6.92 Å². The van der Waals surface area contributed by atoms with E-state index < -0.39 is 0 Å². The monoisotopic (exact) mass is 564 g/mol. The number of nitrogens with two attached hydrogens (primary N) is 1. The lowest BCUT2D eigenvalue weighted by Crippen LogP contribution is -2.29. The molecular formula is C32H41ClN4O3. The van der Waals surface area contributed by atoms with Crippen LogP contribution in [0.25, 0.3) is 0 Å². The summed E-state index contributed by atoms with van der Waals surface area (Å²) < 4.78 is 17.2. The minimum atomic E-state index is 0.295. The molecule has 2 saturated heterocycles. The van der Waals surface area contributed by atoms with Crippen LogP contribution in [-0.2, 0) is 17.9 Å². The Hall–Kier alpha value is -2.84. The molecule has 2 aliphatic rings. The van der Waals surface area contributed by atoms with E-state index in [-0.39, 0.29) is 0 Å². The van der Waals surface area contributed by atoms with Crippen molar-refractivity contribution in [2.75, 3.05) is 52.7 Å². The summed E-state index contributed by atoms with van der Waals surface area (Å²) >= 11 is 6.56. The molecule has 0 radical (unpaired) electrons. The smallest absolute Gasteiger partial charge is 0.145 e. The van der Waals surface area contributed by atoms with E-state index in [0.717, 1.165) is 81.3 Å². The molecule has 2 aromatic carbocycles. The number of ether oxygens (including phenoxy) is 3. The molecule has 0 aliphatic carbocycles. The predicted molar refractivity (Wildman–Crippen MR) is 160 cm³/mol. The van der Waals surface area contributed by atoms with Crippen LogP contribution in [0.2, 0.25) is 5.15 Å². The summed E-state index contributed by atoms with van der Waals surface area (Å²) in [5.74, 6) is 2.02. The van der Waals surface area contributed by atoms with E-state index in [9.17, 15) is 0 Å². The number of rotatable bonds is 8. The largest absolute Gasteiger partial charge is 0.497 e. The van der Waals surface area contributed by atoms with Gasteiger partial charge in [0.2, 0.25) is 0 Å². The van der Waals surface area contributed by atoms with Crippen molar-refractivity contribution >= 4 is 17.3 Å². The number of pyridine rings is 1. The van der Waals surface area contributed by atoms with E-state index in [1.165, 1.54) is 16.7 Å². The minimum absolute atomic E-state index is 0.295. The number of hydrogen-bond acceptors (Lipinski definition) is 7. The van der Waals surface area contributed by atoms with Crippen LogP contribution >= 0.6 is 11.6 Å². The maximum Gasteiger partial charge on any atom is 0.145 e. The van der Waals surface area contributed by atoms with Crippen molar-refractivity contribution in [3.8, 4) is 11.5 Å². The maximum atomic E-state index is 6.62. The fourth-order valence-corrected chi connectivity index (χ4v) is 6.26. The standard InChI is InChI=1S/C32H41ClN4O3/c1-22-18-25(30-9-13-37(15-14-36(30)2)20-23-4-6-26(38-3)7-5-23)19-29(34)31(22)40-21-28-27(8-12-35-32(28)33)24-10-16-39-17-11-24/h4-8,12,18-19,24,30H,9-11,13-17,20-21,34H2,1-3H3. The van der Waals surface area contributed by atoms with Gasteiger partial charge in [-0.15, -0.1) is 0 Å². The van der Waals surface area contributed by atoms with E-state index in [0.29, 0.717) is 29.4 Å². The Morgan fingerprint density at radius 3 is 2.55 bits per heavy atom. The SMILES string of the molecule is COc1ccc(CN2CCC(c3cc(C)c(OCc4c(C5CCOCC5)ccnc4Cl)c(N)c3)N(C)CC2)cc1. The number of aryl methyl sites for hydroxylation is 1. The van der Waals surface area contributed by atoms with Crippen molar-refractivity contribution < 1.29 is 14.2 Å². The van der Waals surface area contributed by atoms with E-state index in [1.807, 2.05) is 12.1 Å². The Labute approximate surface area is 243 Å². The Balaban J connectivity index is 1.26. The van der Waals surface area contributed by atoms with Gasteiger partial charge in [-0.25, -0.2) is 4.98 Å². The molecule has 5 rings (SSSR count). The second-order valence-electron chi connectivity index (χ2n) is 11.0. The van der Waals surface area contributed by atoms with Gasteiger partial charge in [-0.2, -0.15) is 0 Å². The van der Waals surface area contributed by atoms with Crippen molar-refractivity contribution in [1.82, 2.24) is 14.8 Å². The second-order valence-corrected chi connectivity index (χ2v) is 11.4. The van der Waals surface area contributed by atoms with Gasteiger partial charge in [-0.05, 0) is 85.7 Å². The number of likely N-dealkylation sites (N-methyl/N-ethyl adjacent to an activating group) is 1. The molecule has 3 aromatic rings. The Bertz CT molecular complexity index is 1260. The van der Waals surface area contributed by atoms with Gasteiger partial charge in [-0.1, -0.05) is 29.8 Å². The van der Waals surface area contributed by atoms with Gasteiger partial charge in [0.05, 0.1) is 12.8 Å². The Morgan fingerprint density at radius 2 is 1.82 bits per heavy atom. The van der Waals surface area contributed by atoms with E-state index >= 15 is 0 Å². The van der Waals surface area contributed by atoms with Crippen molar-refractivity contribution in [2.24, 2.45) is 0 Å². The normalized spacial score (nSPS) is 19.4. The molecule has 2 aliphatic heterocycles. The molecule has 1 unspecified atom stereocenters. The summed E-state index contributed by atoms with van der Waals surface area (Å²) in [7, 11) is 3.91. The summed E-state index contributed by atoms with van der Waals surface area (Å²) in [6.07, 6.45) is 4.78. The van der Waals surface area contributed by atoms with Crippen molar-refractivity contribution in [1.29, 1.82) is 0 Å². The van der Waals surface area contributed by atoms with Crippen LogP contribution in [-0.4, -0.2) is 61.8 Å². The average molecular weight is 565 g/mol. The van der Waals surface area contributed by atoms with Crippen LogP contribution in [0.1, 0.15) is 59.0 Å². The zero-order valence-corrected chi connectivity index (χ0v) is 24.6. The topological polar surface area (TPSA) is 73.1 Å². The molecule has 40 heavy (non-hydrogen) atoms. The number of anilines is 1. The Morgan fingerprint density at radius 1 is 1.05 bits per heavy atom. The summed E-state index contributed by atoms with van der Waals surface area (Å²) in [5, 5.41) is 0.496. The van der Waals surface area contributed by atoms with Gasteiger partial charge in [0.15, 0.2) is 0 Å². The van der Waals surface area contributed by atoms with Crippen LogP contribution in [0.4, 0.5) is 5.69 Å². The lowest BCUT2D eigenvalue weighted by molar-refractivity contribution is 0.0849. The minimum Gasteiger partial charge on any atom is -0.497 e. The van der Waals surface area contributed by atoms with Gasteiger partial charge in [0.25, 0.3) is 0 Å². The summed E-state index contributed by atoms with van der Waals surface area (Å²) in [4.78, 5) is 9.30. The molecule has 1 atom stereocenters.